The van der Waals surface area contributed by atoms with Crippen LogP contribution in [0, 0.1) is 0 Å². The lowest BCUT2D eigenvalue weighted by molar-refractivity contribution is 0.312. The average Bonchev–Trinajstić information content (AvgIpc) is 3.44. The second-order valence-electron chi connectivity index (χ2n) is 8.37. The monoisotopic (exact) mass is 539 g/mol. The lowest BCUT2D eigenvalue weighted by atomic mass is 10.1. The Bertz CT molecular complexity index is 1420. The highest BCUT2D eigenvalue weighted by atomic mass is 32.2. The van der Waals surface area contributed by atoms with Crippen molar-refractivity contribution in [3.8, 4) is 17.0 Å². The SMILES string of the molecule is CN(C)Cc1cccc(OCCCN=c2[nH][s+]([O-])nc2Nc2cccc(-c3csc(N=C(N)N)n3)c2)c1. The van der Waals surface area contributed by atoms with Crippen LogP contribution < -0.4 is 27.0 Å². The van der Waals surface area contributed by atoms with Gasteiger partial charge in [0.25, 0.3) is 0 Å². The van der Waals surface area contributed by atoms with Gasteiger partial charge in [-0.3, -0.25) is 4.99 Å². The van der Waals surface area contributed by atoms with Gasteiger partial charge in [-0.1, -0.05) is 24.3 Å². The summed E-state index contributed by atoms with van der Waals surface area (Å²) in [5.74, 6) is 1.21. The lowest BCUT2D eigenvalue weighted by Crippen LogP contribution is -2.21. The molecule has 2 aromatic heterocycles. The number of anilines is 2. The van der Waals surface area contributed by atoms with Crippen LogP contribution in [0.25, 0.3) is 11.3 Å². The average molecular weight is 540 g/mol. The molecule has 194 valence electrons. The van der Waals surface area contributed by atoms with Gasteiger partial charge in [-0.15, -0.1) is 15.7 Å². The molecule has 4 aromatic rings. The van der Waals surface area contributed by atoms with E-state index in [0.29, 0.717) is 36.0 Å². The summed E-state index contributed by atoms with van der Waals surface area (Å²) in [4.78, 5) is 15.1. The summed E-state index contributed by atoms with van der Waals surface area (Å²) >= 11 is -0.242. The Balaban J connectivity index is 1.37. The number of guanidine groups is 1. The number of hydrogen-bond acceptors (Lipinski definition) is 9. The van der Waals surface area contributed by atoms with E-state index < -0.39 is 11.1 Å². The summed E-state index contributed by atoms with van der Waals surface area (Å²) in [5.41, 5.74) is 14.9. The van der Waals surface area contributed by atoms with Gasteiger partial charge in [-0.2, -0.15) is 4.99 Å². The Kier molecular flexibility index (Phi) is 8.85. The van der Waals surface area contributed by atoms with Crippen molar-refractivity contribution in [3.63, 3.8) is 0 Å². The van der Waals surface area contributed by atoms with E-state index in [1.54, 1.807) is 0 Å². The number of aromatic nitrogens is 3. The van der Waals surface area contributed by atoms with E-state index in [9.17, 15) is 4.55 Å². The predicted molar refractivity (Wildman–Crippen MR) is 148 cm³/mol. The summed E-state index contributed by atoms with van der Waals surface area (Å²) < 4.78 is 24.8. The molecule has 0 saturated heterocycles. The first kappa shape index (κ1) is 26.3. The van der Waals surface area contributed by atoms with Crippen LogP contribution in [-0.2, 0) is 6.54 Å². The van der Waals surface area contributed by atoms with Crippen LogP contribution in [0.15, 0.2) is 63.9 Å². The third-order valence-electron chi connectivity index (χ3n) is 4.96. The van der Waals surface area contributed by atoms with Gasteiger partial charge < -0.3 is 31.0 Å². The molecule has 0 amide bonds. The quantitative estimate of drug-likeness (QED) is 0.0974. The number of aromatic amines is 1. The van der Waals surface area contributed by atoms with Gasteiger partial charge in [0.15, 0.2) is 17.1 Å². The van der Waals surface area contributed by atoms with E-state index in [1.165, 1.54) is 16.9 Å². The molecule has 6 N–H and O–H groups in total. The van der Waals surface area contributed by atoms with Crippen LogP contribution in [0.2, 0.25) is 0 Å². The summed E-state index contributed by atoms with van der Waals surface area (Å²) in [6, 6.07) is 15.7. The van der Waals surface area contributed by atoms with E-state index in [-0.39, 0.29) is 5.96 Å². The molecule has 0 aliphatic carbocycles. The number of thiazole rings is 1. The molecule has 11 nitrogen and oxygen atoms in total. The molecule has 0 aliphatic rings. The fourth-order valence-corrected chi connectivity index (χ4v) is 4.85. The van der Waals surface area contributed by atoms with Gasteiger partial charge in [-0.05, 0) is 43.9 Å². The first-order valence-electron chi connectivity index (χ1n) is 11.5. The minimum absolute atomic E-state index is 0.0383. The third kappa shape index (κ3) is 7.85. The Morgan fingerprint density at radius 2 is 2.05 bits per heavy atom. The molecule has 4 rings (SSSR count). The minimum atomic E-state index is -1.58. The third-order valence-corrected chi connectivity index (χ3v) is 6.41. The fraction of sp³-hybridized carbons (Fsp3) is 0.250. The maximum atomic E-state index is 12.0. The van der Waals surface area contributed by atoms with Crippen LogP contribution in [0.1, 0.15) is 12.0 Å². The van der Waals surface area contributed by atoms with E-state index in [4.69, 9.17) is 16.2 Å². The topological polar surface area (TPSA) is 166 Å². The van der Waals surface area contributed by atoms with E-state index in [1.807, 2.05) is 61.9 Å². The van der Waals surface area contributed by atoms with Gasteiger partial charge in [0.2, 0.25) is 16.4 Å². The van der Waals surface area contributed by atoms with Gasteiger partial charge in [0, 0.05) is 40.5 Å². The normalized spacial score (nSPS) is 12.1. The standard InChI is InChI=1S/C24H29N9O2S2/c1-33(2)14-16-6-3-9-19(12-16)35-11-5-10-27-21-22(32-37(34)31-21)28-18-8-4-7-17(13-18)20-15-36-24(29-20)30-23(25)26/h3-4,6-9,12-13,15H,5,10-11,14H2,1-2H3,(H,27,31)(H,28,32)(H4,25,26,29,30). The number of hydrogen-bond donors (Lipinski definition) is 4. The van der Waals surface area contributed by atoms with Crippen molar-refractivity contribution < 1.29 is 9.29 Å². The van der Waals surface area contributed by atoms with E-state index >= 15 is 0 Å². The van der Waals surface area contributed by atoms with Gasteiger partial charge in [-0.25, -0.2) is 4.98 Å². The highest BCUT2D eigenvalue weighted by molar-refractivity contribution is 7.14. The van der Waals surface area contributed by atoms with Crippen LogP contribution in [0.5, 0.6) is 5.75 Å². The summed E-state index contributed by atoms with van der Waals surface area (Å²) in [6.45, 7) is 1.86. The summed E-state index contributed by atoms with van der Waals surface area (Å²) in [5, 5.41) is 5.55. The number of nitrogens with two attached hydrogens (primary N) is 2. The van der Waals surface area contributed by atoms with E-state index in [2.05, 4.69) is 40.0 Å². The van der Waals surface area contributed by atoms with Crippen LogP contribution >= 0.6 is 22.5 Å². The number of aliphatic imine (C=N–C) groups is 1. The van der Waals surface area contributed by atoms with Crippen LogP contribution in [0.3, 0.4) is 0 Å². The molecule has 1 unspecified atom stereocenters. The second kappa shape index (κ2) is 12.5. The zero-order chi connectivity index (χ0) is 26.2. The molecule has 0 radical (unpaired) electrons. The molecular weight excluding hydrogens is 510 g/mol. The molecule has 0 aliphatic heterocycles. The van der Waals surface area contributed by atoms with E-state index in [0.717, 1.165) is 29.2 Å². The Morgan fingerprint density at radius 3 is 2.86 bits per heavy atom. The first-order chi connectivity index (χ1) is 17.9. The summed E-state index contributed by atoms with van der Waals surface area (Å²) in [7, 11) is 4.07. The number of benzene rings is 2. The Morgan fingerprint density at radius 1 is 1.22 bits per heavy atom. The van der Waals surface area contributed by atoms with Crippen LogP contribution in [0.4, 0.5) is 16.6 Å². The number of H-pyrrole nitrogens is 1. The molecule has 2 aromatic carbocycles. The van der Waals surface area contributed by atoms with Crippen molar-refractivity contribution in [1.29, 1.82) is 0 Å². The first-order valence-corrected chi connectivity index (χ1v) is 13.5. The molecular formula is C24H29N9O2S2. The number of nitrogens with one attached hydrogen (secondary N) is 2. The Labute approximate surface area is 221 Å². The number of nitrogens with zero attached hydrogens (tertiary/aromatic N) is 5. The molecule has 0 bridgehead atoms. The Hall–Kier alpha value is -3.78. The number of ether oxygens (including phenoxy) is 1. The van der Waals surface area contributed by atoms with Crippen molar-refractivity contribution in [1.82, 2.24) is 18.6 Å². The molecule has 0 fully saturated rings. The smallest absolute Gasteiger partial charge is 0.236 e. The lowest BCUT2D eigenvalue weighted by Gasteiger charge is -2.11. The maximum Gasteiger partial charge on any atom is 0.236 e. The summed E-state index contributed by atoms with van der Waals surface area (Å²) in [6.07, 6.45) is 0.695. The minimum Gasteiger partial charge on any atom is -0.548 e. The van der Waals surface area contributed by atoms with Crippen molar-refractivity contribution in [3.05, 3.63) is 65.0 Å². The van der Waals surface area contributed by atoms with Crippen molar-refractivity contribution in [2.24, 2.45) is 21.5 Å². The highest BCUT2D eigenvalue weighted by Crippen LogP contribution is 2.28. The zero-order valence-corrected chi connectivity index (χ0v) is 22.2. The molecule has 0 saturated carbocycles. The molecule has 1 atom stereocenters. The largest absolute Gasteiger partial charge is 0.548 e. The van der Waals surface area contributed by atoms with Gasteiger partial charge >= 0.3 is 0 Å². The molecule has 0 spiro atoms. The van der Waals surface area contributed by atoms with Crippen molar-refractivity contribution >= 4 is 45.1 Å². The van der Waals surface area contributed by atoms with Gasteiger partial charge in [0.1, 0.15) is 5.75 Å². The maximum absolute atomic E-state index is 12.0. The van der Waals surface area contributed by atoms with Crippen molar-refractivity contribution in [2.75, 3.05) is 32.6 Å². The van der Waals surface area contributed by atoms with Crippen molar-refractivity contribution in [2.45, 2.75) is 13.0 Å². The van der Waals surface area contributed by atoms with Gasteiger partial charge in [0.05, 0.1) is 12.3 Å². The second-order valence-corrected chi connectivity index (χ2v) is 10.1. The highest BCUT2D eigenvalue weighted by Gasteiger charge is 2.11. The number of rotatable bonds is 11. The fourth-order valence-electron chi connectivity index (χ4n) is 3.47. The molecule has 13 heteroatoms. The zero-order valence-electron chi connectivity index (χ0n) is 20.5. The molecule has 37 heavy (non-hydrogen) atoms. The molecule has 2 heterocycles. The predicted octanol–water partition coefficient (Wildman–Crippen LogP) is 3.34. The van der Waals surface area contributed by atoms with Crippen LogP contribution in [-0.4, -0.2) is 56.4 Å².